The van der Waals surface area contributed by atoms with Crippen molar-refractivity contribution in [2.24, 2.45) is 7.05 Å². The molecule has 0 unspecified atom stereocenters. The van der Waals surface area contributed by atoms with Gasteiger partial charge in [0.15, 0.2) is 21.3 Å². The van der Waals surface area contributed by atoms with E-state index in [2.05, 4.69) is 20.4 Å². The monoisotopic (exact) mass is 309 g/mol. The second kappa shape index (κ2) is 5.08. The van der Waals surface area contributed by atoms with Crippen LogP contribution in [-0.4, -0.2) is 47.1 Å². The van der Waals surface area contributed by atoms with E-state index >= 15 is 0 Å². The maximum absolute atomic E-state index is 11.5. The molecule has 1 aliphatic heterocycles. The molecule has 2 aromatic heterocycles. The Bertz CT molecular complexity index is 812. The largest absolute Gasteiger partial charge is 0.377 e. The molecule has 8 nitrogen and oxygen atoms in total. The van der Waals surface area contributed by atoms with Gasteiger partial charge in [-0.1, -0.05) is 0 Å². The molecular formula is C12H15N5O3S. The summed E-state index contributed by atoms with van der Waals surface area (Å²) in [6, 6.07) is -0.302. The highest BCUT2D eigenvalue weighted by Gasteiger charge is 2.23. The molecule has 9 heteroatoms. The Morgan fingerprint density at radius 1 is 1.48 bits per heavy atom. The van der Waals surface area contributed by atoms with Crippen LogP contribution in [0.3, 0.4) is 0 Å². The van der Waals surface area contributed by atoms with Gasteiger partial charge in [0.2, 0.25) is 0 Å². The number of hydrogen-bond donors (Lipinski definition) is 1. The summed E-state index contributed by atoms with van der Waals surface area (Å²) in [5.74, 6) is 1.10. The predicted molar refractivity (Wildman–Crippen MR) is 77.4 cm³/mol. The Morgan fingerprint density at radius 2 is 2.29 bits per heavy atom. The van der Waals surface area contributed by atoms with Gasteiger partial charge in [0.05, 0.1) is 23.4 Å². The van der Waals surface area contributed by atoms with E-state index in [-0.39, 0.29) is 18.4 Å². The van der Waals surface area contributed by atoms with E-state index in [0.29, 0.717) is 17.3 Å². The molecule has 0 spiro atoms. The number of methoxy groups -OCH3 is 1. The van der Waals surface area contributed by atoms with Crippen molar-refractivity contribution < 1.29 is 13.2 Å². The molecule has 1 aliphatic rings. The predicted octanol–water partition coefficient (Wildman–Crippen LogP) is 0.232. The highest BCUT2D eigenvalue weighted by molar-refractivity contribution is 7.94. The van der Waals surface area contributed by atoms with Gasteiger partial charge >= 0.3 is 0 Å². The van der Waals surface area contributed by atoms with Gasteiger partial charge in [-0.05, 0) is 6.08 Å². The van der Waals surface area contributed by atoms with E-state index in [4.69, 9.17) is 4.74 Å². The molecule has 0 aromatic carbocycles. The normalized spacial score (nSPS) is 20.2. The topological polar surface area (TPSA) is 99.0 Å². The fourth-order valence-corrected chi connectivity index (χ4v) is 3.45. The lowest BCUT2D eigenvalue weighted by Gasteiger charge is -2.12. The number of sulfone groups is 1. The Kier molecular flexibility index (Phi) is 3.38. The average molecular weight is 309 g/mol. The summed E-state index contributed by atoms with van der Waals surface area (Å²) in [6.07, 6.45) is 3.27. The number of fused-ring (bicyclic) bond motifs is 1. The maximum Gasteiger partial charge on any atom is 0.173 e. The van der Waals surface area contributed by atoms with Gasteiger partial charge in [-0.25, -0.2) is 18.4 Å². The number of aromatic nitrogens is 4. The van der Waals surface area contributed by atoms with E-state index in [1.165, 1.54) is 5.41 Å². The van der Waals surface area contributed by atoms with Gasteiger partial charge in [0.1, 0.15) is 12.4 Å². The van der Waals surface area contributed by atoms with Crippen LogP contribution in [0.25, 0.3) is 11.0 Å². The number of anilines is 1. The third kappa shape index (κ3) is 2.74. The average Bonchev–Trinajstić information content (AvgIpc) is 2.94. The van der Waals surface area contributed by atoms with Gasteiger partial charge in [-0.3, -0.25) is 4.68 Å². The zero-order valence-corrected chi connectivity index (χ0v) is 12.5. The molecule has 0 saturated heterocycles. The summed E-state index contributed by atoms with van der Waals surface area (Å²) < 4.78 is 29.6. The first-order valence-electron chi connectivity index (χ1n) is 6.33. The Labute approximate surface area is 121 Å². The second-order valence-corrected chi connectivity index (χ2v) is 6.77. The van der Waals surface area contributed by atoms with Crippen LogP contribution in [-0.2, 0) is 28.2 Å². The summed E-state index contributed by atoms with van der Waals surface area (Å²) in [6.45, 7) is 0.272. The quantitative estimate of drug-likeness (QED) is 0.863. The van der Waals surface area contributed by atoms with Crippen molar-refractivity contribution in [2.45, 2.75) is 12.6 Å². The molecule has 3 heterocycles. The molecule has 0 aliphatic carbocycles. The standard InChI is InChI=1S/C12H15N5O3S/c1-17-12-9(5-13-17)11(15-10(16-12)6-20-2)14-8-3-4-21(18,19)7-8/h3-5,8H,6-7H2,1-2H3,(H,14,15,16)/t8-/m0/s1. The number of hydrogen-bond acceptors (Lipinski definition) is 7. The maximum atomic E-state index is 11.5. The van der Waals surface area contributed by atoms with Crippen molar-refractivity contribution in [1.82, 2.24) is 19.7 Å². The summed E-state index contributed by atoms with van der Waals surface area (Å²) in [7, 11) is 0.237. The van der Waals surface area contributed by atoms with Crippen LogP contribution in [0.2, 0.25) is 0 Å². The molecule has 112 valence electrons. The highest BCUT2D eigenvalue weighted by Crippen LogP contribution is 2.22. The molecule has 0 amide bonds. The fourth-order valence-electron chi connectivity index (χ4n) is 2.21. The molecule has 0 fully saturated rings. The summed E-state index contributed by atoms with van der Waals surface area (Å²) in [5, 5.41) is 9.25. The van der Waals surface area contributed by atoms with E-state index in [9.17, 15) is 8.42 Å². The Hall–Kier alpha value is -2.00. The van der Waals surface area contributed by atoms with Gasteiger partial charge in [-0.15, -0.1) is 0 Å². The molecule has 0 saturated carbocycles. The Balaban J connectivity index is 1.99. The zero-order valence-electron chi connectivity index (χ0n) is 11.6. The number of aryl methyl sites for hydroxylation is 1. The van der Waals surface area contributed by atoms with Crippen LogP contribution >= 0.6 is 0 Å². The van der Waals surface area contributed by atoms with Crippen molar-refractivity contribution in [1.29, 1.82) is 0 Å². The van der Waals surface area contributed by atoms with Crippen molar-refractivity contribution in [3.05, 3.63) is 23.5 Å². The molecule has 1 atom stereocenters. The van der Waals surface area contributed by atoms with Crippen LogP contribution in [0, 0.1) is 0 Å². The summed E-state index contributed by atoms with van der Waals surface area (Å²) in [4.78, 5) is 8.76. The van der Waals surface area contributed by atoms with E-state index < -0.39 is 9.84 Å². The van der Waals surface area contributed by atoms with Crippen molar-refractivity contribution in [3.63, 3.8) is 0 Å². The highest BCUT2D eigenvalue weighted by atomic mass is 32.2. The number of rotatable bonds is 4. The van der Waals surface area contributed by atoms with Crippen LogP contribution in [0.5, 0.6) is 0 Å². The zero-order chi connectivity index (χ0) is 15.0. The van der Waals surface area contributed by atoms with Crippen molar-refractivity contribution in [3.8, 4) is 0 Å². The molecule has 2 aromatic rings. The smallest absolute Gasteiger partial charge is 0.173 e. The lowest BCUT2D eigenvalue weighted by atomic mass is 10.3. The number of nitrogens with zero attached hydrogens (tertiary/aromatic N) is 4. The molecular weight excluding hydrogens is 294 g/mol. The molecule has 1 N–H and O–H groups in total. The molecule has 0 radical (unpaired) electrons. The molecule has 0 bridgehead atoms. The lowest BCUT2D eigenvalue weighted by molar-refractivity contribution is 0.178. The second-order valence-electron chi connectivity index (χ2n) is 4.84. The summed E-state index contributed by atoms with van der Waals surface area (Å²) >= 11 is 0. The third-order valence-electron chi connectivity index (χ3n) is 3.16. The first-order chi connectivity index (χ1) is 9.98. The number of nitrogens with one attached hydrogen (secondary N) is 1. The molecule has 3 rings (SSSR count). The van der Waals surface area contributed by atoms with E-state index in [1.54, 1.807) is 31.1 Å². The van der Waals surface area contributed by atoms with Gasteiger partial charge in [0, 0.05) is 19.6 Å². The fraction of sp³-hybridized carbons (Fsp3) is 0.417. The number of ether oxygens (including phenoxy) is 1. The van der Waals surface area contributed by atoms with Crippen molar-refractivity contribution in [2.75, 3.05) is 18.2 Å². The van der Waals surface area contributed by atoms with Crippen LogP contribution in [0.4, 0.5) is 5.82 Å². The lowest BCUT2D eigenvalue weighted by Crippen LogP contribution is -2.22. The minimum Gasteiger partial charge on any atom is -0.377 e. The first kappa shape index (κ1) is 14.0. The van der Waals surface area contributed by atoms with Gasteiger partial charge < -0.3 is 10.1 Å². The SMILES string of the molecule is COCc1nc(N[C@H]2C=CS(=O)(=O)C2)c2cnn(C)c2n1. The van der Waals surface area contributed by atoms with Crippen LogP contribution in [0.1, 0.15) is 5.82 Å². The van der Waals surface area contributed by atoms with E-state index in [1.807, 2.05) is 0 Å². The third-order valence-corrected chi connectivity index (χ3v) is 4.56. The summed E-state index contributed by atoms with van der Waals surface area (Å²) in [5.41, 5.74) is 0.671. The minimum atomic E-state index is -3.12. The minimum absolute atomic E-state index is 0.0262. The van der Waals surface area contributed by atoms with Crippen LogP contribution in [0.15, 0.2) is 17.7 Å². The van der Waals surface area contributed by atoms with Gasteiger partial charge in [0.25, 0.3) is 0 Å². The van der Waals surface area contributed by atoms with E-state index in [0.717, 1.165) is 5.39 Å². The van der Waals surface area contributed by atoms with Crippen LogP contribution < -0.4 is 5.32 Å². The Morgan fingerprint density at radius 3 is 2.95 bits per heavy atom. The first-order valence-corrected chi connectivity index (χ1v) is 8.05. The van der Waals surface area contributed by atoms with Gasteiger partial charge in [-0.2, -0.15) is 5.10 Å². The molecule has 21 heavy (non-hydrogen) atoms. The van der Waals surface area contributed by atoms with Crippen molar-refractivity contribution >= 4 is 26.7 Å².